The highest BCUT2D eigenvalue weighted by molar-refractivity contribution is 7.89. The Labute approximate surface area is 98.3 Å². The van der Waals surface area contributed by atoms with Crippen LogP contribution in [0.3, 0.4) is 0 Å². The molecule has 0 amide bonds. The fraction of sp³-hybridized carbons (Fsp3) is 0.400. The number of rotatable bonds is 6. The Hall–Kier alpha value is -1.05. The molecule has 7 heteroatoms. The normalized spacial score (nSPS) is 12.0. The van der Waals surface area contributed by atoms with Crippen LogP contribution in [-0.2, 0) is 16.4 Å². The van der Waals surface area contributed by atoms with Crippen molar-refractivity contribution in [1.29, 1.82) is 0 Å². The van der Waals surface area contributed by atoms with Crippen molar-refractivity contribution in [2.45, 2.75) is 17.7 Å². The van der Waals surface area contributed by atoms with E-state index in [2.05, 4.69) is 0 Å². The highest BCUT2D eigenvalue weighted by Crippen LogP contribution is 2.11. The minimum absolute atomic E-state index is 0.0320. The molecule has 4 nitrogen and oxygen atoms in total. The van der Waals surface area contributed by atoms with Crippen LogP contribution in [-0.4, -0.2) is 33.1 Å². The van der Waals surface area contributed by atoms with Gasteiger partial charge in [0.2, 0.25) is 10.0 Å². The van der Waals surface area contributed by atoms with Crippen LogP contribution in [0, 0.1) is 0 Å². The molecule has 0 aliphatic carbocycles. The van der Waals surface area contributed by atoms with E-state index in [1.165, 1.54) is 24.3 Å². The lowest BCUT2D eigenvalue weighted by Gasteiger charge is -2.06. The van der Waals surface area contributed by atoms with Gasteiger partial charge in [0, 0.05) is 6.61 Å². The number of nitrogens with one attached hydrogen (secondary N) is 1. The van der Waals surface area contributed by atoms with Gasteiger partial charge < -0.3 is 5.11 Å². The predicted octanol–water partition coefficient (Wildman–Crippen LogP) is 0.765. The molecule has 0 aliphatic heterocycles. The molecule has 0 saturated carbocycles. The van der Waals surface area contributed by atoms with Crippen LogP contribution in [0.2, 0.25) is 0 Å². The molecule has 0 aliphatic rings. The van der Waals surface area contributed by atoms with E-state index >= 15 is 0 Å². The van der Waals surface area contributed by atoms with Gasteiger partial charge in [0.25, 0.3) is 6.43 Å². The Morgan fingerprint density at radius 2 is 1.82 bits per heavy atom. The van der Waals surface area contributed by atoms with Crippen LogP contribution in [0.15, 0.2) is 29.2 Å². The standard InChI is InChI=1S/C10H13F2NO3S/c11-10(12)7-13-17(15,16)9-3-1-8(2-4-9)5-6-14/h1-4,10,13-14H,5-7H2. The maximum absolute atomic E-state index is 11.9. The third-order valence-corrected chi connectivity index (χ3v) is 3.50. The number of alkyl halides is 2. The van der Waals surface area contributed by atoms with Gasteiger partial charge in [0.05, 0.1) is 11.4 Å². The maximum Gasteiger partial charge on any atom is 0.251 e. The number of aliphatic hydroxyl groups excluding tert-OH is 1. The molecule has 96 valence electrons. The Morgan fingerprint density at radius 3 is 2.29 bits per heavy atom. The Morgan fingerprint density at radius 1 is 1.24 bits per heavy atom. The average molecular weight is 265 g/mol. The lowest BCUT2D eigenvalue weighted by Crippen LogP contribution is -2.28. The zero-order valence-electron chi connectivity index (χ0n) is 8.94. The fourth-order valence-electron chi connectivity index (χ4n) is 1.22. The highest BCUT2D eigenvalue weighted by atomic mass is 32.2. The fourth-order valence-corrected chi connectivity index (χ4v) is 2.23. The molecule has 2 N–H and O–H groups in total. The summed E-state index contributed by atoms with van der Waals surface area (Å²) >= 11 is 0. The van der Waals surface area contributed by atoms with Gasteiger partial charge in [-0.3, -0.25) is 0 Å². The molecule has 0 spiro atoms. The number of hydrogen-bond donors (Lipinski definition) is 2. The van der Waals surface area contributed by atoms with Crippen molar-refractivity contribution in [3.8, 4) is 0 Å². The topological polar surface area (TPSA) is 66.4 Å². The van der Waals surface area contributed by atoms with E-state index in [9.17, 15) is 17.2 Å². The molecule has 1 rings (SSSR count). The number of aliphatic hydroxyl groups is 1. The van der Waals surface area contributed by atoms with Gasteiger partial charge in [-0.25, -0.2) is 21.9 Å². The van der Waals surface area contributed by atoms with Crippen molar-refractivity contribution in [1.82, 2.24) is 4.72 Å². The molecule has 1 aromatic carbocycles. The monoisotopic (exact) mass is 265 g/mol. The molecular weight excluding hydrogens is 252 g/mol. The summed E-state index contributed by atoms with van der Waals surface area (Å²) in [5.41, 5.74) is 0.778. The SMILES string of the molecule is O=S(=O)(NCC(F)F)c1ccc(CCO)cc1. The molecule has 0 fully saturated rings. The second-order valence-corrected chi connectivity index (χ2v) is 5.13. The summed E-state index contributed by atoms with van der Waals surface area (Å²) < 4.78 is 48.6. The van der Waals surface area contributed by atoms with Gasteiger partial charge in [-0.2, -0.15) is 0 Å². The van der Waals surface area contributed by atoms with Crippen LogP contribution < -0.4 is 4.72 Å². The average Bonchev–Trinajstić information content (AvgIpc) is 2.28. The summed E-state index contributed by atoms with van der Waals surface area (Å²) in [6.07, 6.45) is -2.30. The van der Waals surface area contributed by atoms with Gasteiger partial charge in [-0.15, -0.1) is 0 Å². The molecular formula is C10H13F2NO3S. The summed E-state index contributed by atoms with van der Waals surface area (Å²) in [5, 5.41) is 8.68. The molecule has 0 saturated heterocycles. The second kappa shape index (κ2) is 6.04. The molecule has 0 atom stereocenters. The second-order valence-electron chi connectivity index (χ2n) is 3.36. The van der Waals surface area contributed by atoms with Crippen molar-refractivity contribution in [3.63, 3.8) is 0 Å². The highest BCUT2D eigenvalue weighted by Gasteiger charge is 2.15. The van der Waals surface area contributed by atoms with Gasteiger partial charge in [0.15, 0.2) is 0 Å². The maximum atomic E-state index is 11.9. The van der Waals surface area contributed by atoms with Crippen LogP contribution >= 0.6 is 0 Å². The summed E-state index contributed by atoms with van der Waals surface area (Å²) in [5.74, 6) is 0. The van der Waals surface area contributed by atoms with Gasteiger partial charge in [-0.05, 0) is 24.1 Å². The van der Waals surface area contributed by atoms with E-state index < -0.39 is 23.0 Å². The van der Waals surface area contributed by atoms with Crippen LogP contribution in [0.1, 0.15) is 5.56 Å². The molecule has 0 aromatic heterocycles. The Kier molecular flexibility index (Phi) is 4.98. The van der Waals surface area contributed by atoms with Crippen molar-refractivity contribution < 1.29 is 22.3 Å². The van der Waals surface area contributed by atoms with E-state index in [4.69, 9.17) is 5.11 Å². The predicted molar refractivity (Wildman–Crippen MR) is 58.4 cm³/mol. The first kappa shape index (κ1) is 14.0. The molecule has 0 heterocycles. The number of halogens is 2. The third kappa shape index (κ3) is 4.37. The lowest BCUT2D eigenvalue weighted by atomic mass is 10.2. The quantitative estimate of drug-likeness (QED) is 0.798. The van der Waals surface area contributed by atoms with Crippen LogP contribution in [0.25, 0.3) is 0 Å². The van der Waals surface area contributed by atoms with Gasteiger partial charge in [-0.1, -0.05) is 12.1 Å². The van der Waals surface area contributed by atoms with E-state index in [0.717, 1.165) is 5.56 Å². The summed E-state index contributed by atoms with van der Waals surface area (Å²) in [7, 11) is -3.88. The number of sulfonamides is 1. The number of benzene rings is 1. The largest absolute Gasteiger partial charge is 0.396 e. The van der Waals surface area contributed by atoms with Crippen molar-refractivity contribution in [2.75, 3.05) is 13.2 Å². The molecule has 0 bridgehead atoms. The molecule has 0 unspecified atom stereocenters. The lowest BCUT2D eigenvalue weighted by molar-refractivity contribution is 0.153. The third-order valence-electron chi connectivity index (χ3n) is 2.06. The first-order valence-electron chi connectivity index (χ1n) is 4.93. The van der Waals surface area contributed by atoms with E-state index in [-0.39, 0.29) is 11.5 Å². The van der Waals surface area contributed by atoms with Crippen LogP contribution in [0.5, 0.6) is 0 Å². The summed E-state index contributed by atoms with van der Waals surface area (Å²) in [6, 6.07) is 5.71. The van der Waals surface area contributed by atoms with Gasteiger partial charge in [0.1, 0.15) is 0 Å². The van der Waals surface area contributed by atoms with E-state index in [1.807, 2.05) is 0 Å². The van der Waals surface area contributed by atoms with Crippen LogP contribution in [0.4, 0.5) is 8.78 Å². The zero-order chi connectivity index (χ0) is 12.9. The Balaban J connectivity index is 2.77. The smallest absolute Gasteiger partial charge is 0.251 e. The van der Waals surface area contributed by atoms with E-state index in [0.29, 0.717) is 6.42 Å². The van der Waals surface area contributed by atoms with E-state index in [1.54, 1.807) is 4.72 Å². The van der Waals surface area contributed by atoms with Crippen molar-refractivity contribution in [2.24, 2.45) is 0 Å². The Bertz CT molecular complexity index is 445. The van der Waals surface area contributed by atoms with Crippen molar-refractivity contribution in [3.05, 3.63) is 29.8 Å². The first-order chi connectivity index (χ1) is 7.95. The summed E-state index contributed by atoms with van der Waals surface area (Å²) in [6.45, 7) is -0.934. The summed E-state index contributed by atoms with van der Waals surface area (Å²) in [4.78, 5) is -0.0696. The molecule has 17 heavy (non-hydrogen) atoms. The minimum Gasteiger partial charge on any atom is -0.396 e. The minimum atomic E-state index is -3.88. The first-order valence-corrected chi connectivity index (χ1v) is 6.41. The molecule has 1 aromatic rings. The number of hydrogen-bond acceptors (Lipinski definition) is 3. The molecule has 0 radical (unpaired) electrons. The van der Waals surface area contributed by atoms with Gasteiger partial charge >= 0.3 is 0 Å². The van der Waals surface area contributed by atoms with Crippen molar-refractivity contribution >= 4 is 10.0 Å². The zero-order valence-corrected chi connectivity index (χ0v) is 9.75.